The van der Waals surface area contributed by atoms with E-state index in [1.54, 1.807) is 37.3 Å². The van der Waals surface area contributed by atoms with Crippen molar-refractivity contribution >= 4 is 17.5 Å². The van der Waals surface area contributed by atoms with Crippen molar-refractivity contribution < 1.29 is 19.1 Å². The molecule has 25 heavy (non-hydrogen) atoms. The SMILES string of the molecule is COc1cc(OC)cc(N2CC(C(=O)NCC3CCCN3)CC2=O)c1. The van der Waals surface area contributed by atoms with Gasteiger partial charge in [-0.1, -0.05) is 0 Å². The Balaban J connectivity index is 1.64. The van der Waals surface area contributed by atoms with Gasteiger partial charge in [0.15, 0.2) is 0 Å². The van der Waals surface area contributed by atoms with E-state index in [0.29, 0.717) is 36.3 Å². The Kier molecular flexibility index (Phi) is 5.43. The standard InChI is InChI=1S/C18H25N3O4/c1-24-15-7-14(8-16(9-15)25-2)21-11-12(6-17(21)22)18(23)20-10-13-4-3-5-19-13/h7-9,12-13,19H,3-6,10-11H2,1-2H3,(H,20,23). The molecule has 0 spiro atoms. The molecule has 2 aliphatic rings. The fourth-order valence-electron chi connectivity index (χ4n) is 3.38. The third kappa shape index (κ3) is 4.04. The van der Waals surface area contributed by atoms with Gasteiger partial charge in [-0.25, -0.2) is 0 Å². The van der Waals surface area contributed by atoms with Crippen molar-refractivity contribution in [3.63, 3.8) is 0 Å². The fraction of sp³-hybridized carbons (Fsp3) is 0.556. The Bertz CT molecular complexity index is 621. The number of nitrogens with zero attached hydrogens (tertiary/aromatic N) is 1. The Labute approximate surface area is 147 Å². The molecule has 1 aromatic rings. The summed E-state index contributed by atoms with van der Waals surface area (Å²) in [4.78, 5) is 26.4. The van der Waals surface area contributed by atoms with Crippen LogP contribution >= 0.6 is 0 Å². The van der Waals surface area contributed by atoms with Gasteiger partial charge in [0, 0.05) is 43.8 Å². The number of ether oxygens (including phenoxy) is 2. The van der Waals surface area contributed by atoms with Gasteiger partial charge in [0.1, 0.15) is 11.5 Å². The predicted octanol–water partition coefficient (Wildman–Crippen LogP) is 0.925. The highest BCUT2D eigenvalue weighted by atomic mass is 16.5. The Morgan fingerprint density at radius 3 is 2.60 bits per heavy atom. The van der Waals surface area contributed by atoms with Gasteiger partial charge in [0.2, 0.25) is 11.8 Å². The number of carbonyl (C=O) groups excluding carboxylic acids is 2. The number of methoxy groups -OCH3 is 2. The average molecular weight is 347 g/mol. The molecule has 0 aromatic heterocycles. The van der Waals surface area contributed by atoms with Crippen LogP contribution in [0.25, 0.3) is 0 Å². The summed E-state index contributed by atoms with van der Waals surface area (Å²) in [6, 6.07) is 5.66. The minimum atomic E-state index is -0.328. The topological polar surface area (TPSA) is 79.9 Å². The van der Waals surface area contributed by atoms with Gasteiger partial charge in [-0.2, -0.15) is 0 Å². The summed E-state index contributed by atoms with van der Waals surface area (Å²) >= 11 is 0. The number of anilines is 1. The minimum Gasteiger partial charge on any atom is -0.497 e. The highest BCUT2D eigenvalue weighted by Gasteiger charge is 2.35. The van der Waals surface area contributed by atoms with Gasteiger partial charge >= 0.3 is 0 Å². The van der Waals surface area contributed by atoms with Crippen molar-refractivity contribution in [1.29, 1.82) is 0 Å². The number of benzene rings is 1. The average Bonchev–Trinajstić information content (AvgIpc) is 3.28. The van der Waals surface area contributed by atoms with Crippen molar-refractivity contribution in [2.75, 3.05) is 38.8 Å². The molecule has 2 amide bonds. The second-order valence-corrected chi connectivity index (χ2v) is 6.51. The van der Waals surface area contributed by atoms with E-state index in [9.17, 15) is 9.59 Å². The van der Waals surface area contributed by atoms with Crippen molar-refractivity contribution in [1.82, 2.24) is 10.6 Å². The van der Waals surface area contributed by atoms with E-state index in [1.165, 1.54) is 0 Å². The molecule has 0 bridgehead atoms. The van der Waals surface area contributed by atoms with E-state index in [4.69, 9.17) is 9.47 Å². The lowest BCUT2D eigenvalue weighted by molar-refractivity contribution is -0.126. The molecule has 7 heteroatoms. The number of hydrogen-bond donors (Lipinski definition) is 2. The van der Waals surface area contributed by atoms with E-state index in [-0.39, 0.29) is 24.2 Å². The third-order valence-electron chi connectivity index (χ3n) is 4.83. The summed E-state index contributed by atoms with van der Waals surface area (Å²) in [7, 11) is 3.13. The zero-order valence-corrected chi connectivity index (χ0v) is 14.7. The lowest BCUT2D eigenvalue weighted by atomic mass is 10.1. The van der Waals surface area contributed by atoms with Crippen LogP contribution in [0, 0.1) is 5.92 Å². The first-order valence-corrected chi connectivity index (χ1v) is 8.65. The molecule has 2 atom stereocenters. The normalized spacial score (nSPS) is 23.0. The van der Waals surface area contributed by atoms with E-state index in [1.807, 2.05) is 0 Å². The van der Waals surface area contributed by atoms with Gasteiger partial charge in [0.25, 0.3) is 0 Å². The monoisotopic (exact) mass is 347 g/mol. The Morgan fingerprint density at radius 1 is 1.28 bits per heavy atom. The molecule has 2 heterocycles. The Hall–Kier alpha value is -2.28. The molecule has 2 N–H and O–H groups in total. The van der Waals surface area contributed by atoms with Crippen molar-refractivity contribution in [2.45, 2.75) is 25.3 Å². The van der Waals surface area contributed by atoms with Crippen LogP contribution in [0.2, 0.25) is 0 Å². The van der Waals surface area contributed by atoms with Crippen LogP contribution in [0.15, 0.2) is 18.2 Å². The lowest BCUT2D eigenvalue weighted by Crippen LogP contribution is -2.40. The molecular formula is C18H25N3O4. The van der Waals surface area contributed by atoms with E-state index >= 15 is 0 Å². The molecule has 0 aliphatic carbocycles. The maximum atomic E-state index is 12.4. The van der Waals surface area contributed by atoms with E-state index in [0.717, 1.165) is 19.4 Å². The molecule has 2 aliphatic heterocycles. The van der Waals surface area contributed by atoms with Gasteiger partial charge in [-0.05, 0) is 19.4 Å². The molecule has 2 fully saturated rings. The molecule has 1 aromatic carbocycles. The molecule has 136 valence electrons. The van der Waals surface area contributed by atoms with Crippen LogP contribution in [-0.4, -0.2) is 51.7 Å². The van der Waals surface area contributed by atoms with Crippen LogP contribution in [0.1, 0.15) is 19.3 Å². The number of rotatable bonds is 6. The van der Waals surface area contributed by atoms with Crippen LogP contribution < -0.4 is 25.0 Å². The number of amides is 2. The van der Waals surface area contributed by atoms with Gasteiger partial charge < -0.3 is 25.0 Å². The molecule has 0 radical (unpaired) electrons. The molecule has 2 saturated heterocycles. The molecular weight excluding hydrogens is 322 g/mol. The van der Waals surface area contributed by atoms with E-state index < -0.39 is 0 Å². The van der Waals surface area contributed by atoms with Gasteiger partial charge in [-0.15, -0.1) is 0 Å². The minimum absolute atomic E-state index is 0.0561. The maximum Gasteiger partial charge on any atom is 0.227 e. The second kappa shape index (κ2) is 7.74. The third-order valence-corrected chi connectivity index (χ3v) is 4.83. The summed E-state index contributed by atoms with van der Waals surface area (Å²) in [6.07, 6.45) is 2.46. The van der Waals surface area contributed by atoms with E-state index in [2.05, 4.69) is 10.6 Å². The lowest BCUT2D eigenvalue weighted by Gasteiger charge is -2.19. The molecule has 2 unspecified atom stereocenters. The van der Waals surface area contributed by atoms with Crippen LogP contribution in [0.3, 0.4) is 0 Å². The number of nitrogens with one attached hydrogen (secondary N) is 2. The van der Waals surface area contributed by atoms with Crippen molar-refractivity contribution in [3.8, 4) is 11.5 Å². The molecule has 3 rings (SSSR count). The number of carbonyl (C=O) groups is 2. The largest absolute Gasteiger partial charge is 0.497 e. The second-order valence-electron chi connectivity index (χ2n) is 6.51. The quantitative estimate of drug-likeness (QED) is 0.800. The first kappa shape index (κ1) is 17.5. The zero-order chi connectivity index (χ0) is 17.8. The van der Waals surface area contributed by atoms with Crippen LogP contribution in [0.4, 0.5) is 5.69 Å². The molecule has 7 nitrogen and oxygen atoms in total. The highest BCUT2D eigenvalue weighted by molar-refractivity contribution is 6.00. The van der Waals surface area contributed by atoms with Crippen molar-refractivity contribution in [2.24, 2.45) is 5.92 Å². The number of hydrogen-bond acceptors (Lipinski definition) is 5. The van der Waals surface area contributed by atoms with Crippen LogP contribution in [-0.2, 0) is 9.59 Å². The maximum absolute atomic E-state index is 12.4. The first-order valence-electron chi connectivity index (χ1n) is 8.65. The first-order chi connectivity index (χ1) is 12.1. The van der Waals surface area contributed by atoms with Gasteiger partial charge in [0.05, 0.1) is 25.8 Å². The molecule has 0 saturated carbocycles. The summed E-state index contributed by atoms with van der Waals surface area (Å²) in [5, 5.41) is 6.33. The smallest absolute Gasteiger partial charge is 0.227 e. The summed E-state index contributed by atoms with van der Waals surface area (Å²) < 4.78 is 10.5. The highest BCUT2D eigenvalue weighted by Crippen LogP contribution is 2.32. The zero-order valence-electron chi connectivity index (χ0n) is 14.7. The van der Waals surface area contributed by atoms with Gasteiger partial charge in [-0.3, -0.25) is 9.59 Å². The fourth-order valence-corrected chi connectivity index (χ4v) is 3.38. The summed E-state index contributed by atoms with van der Waals surface area (Å²) in [5.41, 5.74) is 0.689. The van der Waals surface area contributed by atoms with Crippen LogP contribution in [0.5, 0.6) is 11.5 Å². The van der Waals surface area contributed by atoms with Crippen molar-refractivity contribution in [3.05, 3.63) is 18.2 Å². The predicted molar refractivity (Wildman–Crippen MR) is 94.0 cm³/mol. The summed E-state index contributed by atoms with van der Waals surface area (Å²) in [6.45, 7) is 2.00. The Morgan fingerprint density at radius 2 is 2.00 bits per heavy atom. The summed E-state index contributed by atoms with van der Waals surface area (Å²) in [5.74, 6) is 0.782.